The van der Waals surface area contributed by atoms with Crippen molar-refractivity contribution >= 4 is 23.4 Å². The molecule has 1 nitrogen and oxygen atoms in total. The second kappa shape index (κ2) is 7.24. The Morgan fingerprint density at radius 3 is 1.67 bits per heavy atom. The van der Waals surface area contributed by atoms with Gasteiger partial charge in [0, 0.05) is 6.07 Å². The van der Waals surface area contributed by atoms with Crippen LogP contribution in [0.3, 0.4) is 0 Å². The quantitative estimate of drug-likeness (QED) is 0.456. The van der Waals surface area contributed by atoms with E-state index in [4.69, 9.17) is 4.42 Å². The molecule has 1 aromatic heterocycles. The highest BCUT2D eigenvalue weighted by Gasteiger charge is 2.46. The van der Waals surface area contributed by atoms with Crippen LogP contribution in [0.4, 0.5) is 0 Å². The molecule has 0 fully saturated rings. The van der Waals surface area contributed by atoms with Crippen molar-refractivity contribution in [3.05, 3.63) is 79.1 Å². The lowest BCUT2D eigenvalue weighted by molar-refractivity contribution is -0.00000434. The standard InChI is InChI=1S/C18H18OP.HI/c1-2-20(18-14-9-15-19-18,16-10-5-3-6-11-16)17-12-7-4-8-13-17;/h3-15H,2H2,1H3;1H/q+1;/p-1. The predicted octanol–water partition coefficient (Wildman–Crippen LogP) is 0.597. The molecule has 108 valence electrons. The van der Waals surface area contributed by atoms with Crippen molar-refractivity contribution in [2.45, 2.75) is 6.92 Å². The van der Waals surface area contributed by atoms with Crippen molar-refractivity contribution in [2.75, 3.05) is 6.16 Å². The Morgan fingerprint density at radius 2 is 1.29 bits per heavy atom. The van der Waals surface area contributed by atoms with Gasteiger partial charge in [0.25, 0.3) is 5.50 Å². The molecule has 0 atom stereocenters. The van der Waals surface area contributed by atoms with E-state index in [1.165, 1.54) is 10.6 Å². The molecule has 0 N–H and O–H groups in total. The molecular weight excluding hydrogens is 390 g/mol. The van der Waals surface area contributed by atoms with Crippen LogP contribution in [0.1, 0.15) is 6.92 Å². The SMILES string of the molecule is CC[P+](c1ccccc1)(c1ccccc1)c1ccco1.[I-]. The molecule has 0 unspecified atom stereocenters. The maximum Gasteiger partial charge on any atom is 0.255 e. The summed E-state index contributed by atoms with van der Waals surface area (Å²) in [5.74, 6) is 0. The molecule has 0 aliphatic carbocycles. The first-order valence-corrected chi connectivity index (χ1v) is 8.88. The lowest BCUT2D eigenvalue weighted by Crippen LogP contribution is -3.00. The van der Waals surface area contributed by atoms with Crippen molar-refractivity contribution in [1.29, 1.82) is 0 Å². The van der Waals surface area contributed by atoms with Gasteiger partial charge in [-0.2, -0.15) is 0 Å². The van der Waals surface area contributed by atoms with Crippen LogP contribution in [0.5, 0.6) is 0 Å². The largest absolute Gasteiger partial charge is 1.00 e. The van der Waals surface area contributed by atoms with E-state index in [1.807, 2.05) is 6.07 Å². The van der Waals surface area contributed by atoms with Crippen molar-refractivity contribution in [1.82, 2.24) is 0 Å². The maximum absolute atomic E-state index is 5.85. The van der Waals surface area contributed by atoms with Gasteiger partial charge in [-0.15, -0.1) is 0 Å². The topological polar surface area (TPSA) is 13.1 Å². The zero-order valence-corrected chi connectivity index (χ0v) is 15.0. The monoisotopic (exact) mass is 408 g/mol. The summed E-state index contributed by atoms with van der Waals surface area (Å²) in [5.41, 5.74) is 1.11. The highest BCUT2D eigenvalue weighted by atomic mass is 127. The van der Waals surface area contributed by atoms with Crippen LogP contribution < -0.4 is 40.1 Å². The van der Waals surface area contributed by atoms with E-state index in [0.717, 1.165) is 11.7 Å². The van der Waals surface area contributed by atoms with Crippen LogP contribution in [-0.4, -0.2) is 6.16 Å². The second-order valence-electron chi connectivity index (χ2n) is 4.75. The average molecular weight is 408 g/mol. The average Bonchev–Trinajstić information content (AvgIpc) is 3.06. The Balaban J connectivity index is 0.00000161. The van der Waals surface area contributed by atoms with Gasteiger partial charge in [-0.1, -0.05) is 36.4 Å². The minimum atomic E-state index is -1.65. The van der Waals surface area contributed by atoms with Crippen LogP contribution in [0.25, 0.3) is 0 Å². The lowest BCUT2D eigenvalue weighted by atomic mass is 10.4. The third-order valence-corrected chi connectivity index (χ3v) is 8.07. The number of hydrogen-bond acceptors (Lipinski definition) is 1. The molecular formula is C18H18IOP. The van der Waals surface area contributed by atoms with Crippen molar-refractivity contribution in [2.24, 2.45) is 0 Å². The number of halogens is 1. The smallest absolute Gasteiger partial charge is 0.255 e. The molecule has 1 heterocycles. The summed E-state index contributed by atoms with van der Waals surface area (Å²) in [6, 6.07) is 25.6. The first kappa shape index (κ1) is 16.3. The Kier molecular flexibility index (Phi) is 5.60. The van der Waals surface area contributed by atoms with Gasteiger partial charge in [0.05, 0.1) is 12.4 Å². The summed E-state index contributed by atoms with van der Waals surface area (Å²) in [5, 5.41) is 2.76. The summed E-state index contributed by atoms with van der Waals surface area (Å²) in [4.78, 5) is 0. The zero-order chi connectivity index (χ0) is 13.8. The fourth-order valence-corrected chi connectivity index (χ4v) is 6.57. The molecule has 0 radical (unpaired) electrons. The van der Waals surface area contributed by atoms with Crippen LogP contribution in [0.15, 0.2) is 83.5 Å². The van der Waals surface area contributed by atoms with E-state index in [1.54, 1.807) is 6.26 Å². The summed E-state index contributed by atoms with van der Waals surface area (Å²) < 4.78 is 5.85. The van der Waals surface area contributed by atoms with E-state index >= 15 is 0 Å². The Morgan fingerprint density at radius 1 is 0.762 bits per heavy atom. The third-order valence-electron chi connectivity index (χ3n) is 3.75. The van der Waals surface area contributed by atoms with Crippen LogP contribution in [-0.2, 0) is 0 Å². The van der Waals surface area contributed by atoms with Gasteiger partial charge in [0.15, 0.2) is 0 Å². The normalized spacial score (nSPS) is 10.9. The van der Waals surface area contributed by atoms with E-state index in [2.05, 4.69) is 73.7 Å². The molecule has 3 heteroatoms. The molecule has 0 spiro atoms. The zero-order valence-electron chi connectivity index (χ0n) is 11.9. The van der Waals surface area contributed by atoms with Crippen LogP contribution in [0, 0.1) is 0 Å². The second-order valence-corrected chi connectivity index (χ2v) is 8.47. The van der Waals surface area contributed by atoms with E-state index in [-0.39, 0.29) is 24.0 Å². The van der Waals surface area contributed by atoms with Crippen LogP contribution >= 0.6 is 7.26 Å². The van der Waals surface area contributed by atoms with Crippen LogP contribution in [0.2, 0.25) is 0 Å². The molecule has 21 heavy (non-hydrogen) atoms. The molecule has 0 amide bonds. The van der Waals surface area contributed by atoms with Gasteiger partial charge >= 0.3 is 0 Å². The van der Waals surface area contributed by atoms with Crippen molar-refractivity contribution in [3.63, 3.8) is 0 Å². The minimum absolute atomic E-state index is 0. The minimum Gasteiger partial charge on any atom is -1.00 e. The van der Waals surface area contributed by atoms with Gasteiger partial charge in [-0.3, -0.25) is 0 Å². The molecule has 0 saturated carbocycles. The molecule has 0 aliphatic rings. The first-order valence-electron chi connectivity index (χ1n) is 6.91. The number of furan rings is 1. The molecule has 3 rings (SSSR count). The highest BCUT2D eigenvalue weighted by molar-refractivity contribution is 7.95. The van der Waals surface area contributed by atoms with E-state index in [9.17, 15) is 0 Å². The lowest BCUT2D eigenvalue weighted by Gasteiger charge is -2.23. The van der Waals surface area contributed by atoms with Gasteiger partial charge in [0.2, 0.25) is 0 Å². The Hall–Kier alpha value is -1.12. The van der Waals surface area contributed by atoms with Crippen molar-refractivity contribution < 1.29 is 28.4 Å². The number of hydrogen-bond donors (Lipinski definition) is 0. The summed E-state index contributed by atoms with van der Waals surface area (Å²) in [6.45, 7) is 2.26. The number of rotatable bonds is 4. The Bertz CT molecular complexity index is 611. The Labute approximate surface area is 143 Å². The molecule has 0 saturated heterocycles. The molecule has 0 aliphatic heterocycles. The predicted molar refractivity (Wildman–Crippen MR) is 88.0 cm³/mol. The fourth-order valence-electron chi connectivity index (χ4n) is 2.78. The van der Waals surface area contributed by atoms with Crippen molar-refractivity contribution in [3.8, 4) is 0 Å². The van der Waals surface area contributed by atoms with Gasteiger partial charge in [-0.25, -0.2) is 0 Å². The van der Waals surface area contributed by atoms with E-state index in [0.29, 0.717) is 0 Å². The highest BCUT2D eigenvalue weighted by Crippen LogP contribution is 2.54. The third kappa shape index (κ3) is 2.93. The van der Waals surface area contributed by atoms with Gasteiger partial charge in [0.1, 0.15) is 17.9 Å². The molecule has 0 bridgehead atoms. The molecule has 3 aromatic rings. The van der Waals surface area contributed by atoms with E-state index < -0.39 is 7.26 Å². The van der Waals surface area contributed by atoms with Gasteiger partial charge in [-0.05, 0) is 37.3 Å². The molecule has 2 aromatic carbocycles. The fraction of sp³-hybridized carbons (Fsp3) is 0.111. The summed E-state index contributed by atoms with van der Waals surface area (Å²) in [6.07, 6.45) is 2.85. The van der Waals surface area contributed by atoms with Gasteiger partial charge < -0.3 is 28.4 Å². The summed E-state index contributed by atoms with van der Waals surface area (Å²) in [7, 11) is -1.65. The number of benzene rings is 2. The first-order chi connectivity index (χ1) is 9.88. The maximum atomic E-state index is 5.85. The summed E-state index contributed by atoms with van der Waals surface area (Å²) >= 11 is 0.